The number of benzene rings is 2. The van der Waals surface area contributed by atoms with Crippen molar-refractivity contribution in [3.63, 3.8) is 0 Å². The van der Waals surface area contributed by atoms with Crippen LogP contribution in [-0.2, 0) is 0 Å². The average Bonchev–Trinajstić information content (AvgIpc) is 2.50. The highest BCUT2D eigenvalue weighted by Gasteiger charge is 2.11. The summed E-state index contributed by atoms with van der Waals surface area (Å²) in [7, 11) is 3.54. The molecule has 2 N–H and O–H groups in total. The molecule has 0 bridgehead atoms. The van der Waals surface area contributed by atoms with Gasteiger partial charge in [-0.25, -0.2) is 0 Å². The first-order valence-corrected chi connectivity index (χ1v) is 6.76. The molecule has 0 aliphatic heterocycles. The third-order valence-corrected chi connectivity index (χ3v) is 3.24. The molecule has 5 heteroatoms. The molecule has 0 fully saturated rings. The number of methoxy groups -OCH3 is 1. The maximum Gasteiger partial charge on any atom is 0.251 e. The van der Waals surface area contributed by atoms with Crippen molar-refractivity contribution in [2.45, 2.75) is 6.42 Å². The fraction of sp³-hybridized carbons (Fsp3) is 0.312. The van der Waals surface area contributed by atoms with Gasteiger partial charge in [-0.3, -0.25) is 4.79 Å². The largest absolute Gasteiger partial charge is 0.496 e. The summed E-state index contributed by atoms with van der Waals surface area (Å²) >= 11 is 0. The highest BCUT2D eigenvalue weighted by Crippen LogP contribution is 2.28. The van der Waals surface area contributed by atoms with E-state index in [1.165, 1.54) is 0 Å². The Kier molecular flexibility index (Phi) is 6.99. The smallest absolute Gasteiger partial charge is 0.251 e. The van der Waals surface area contributed by atoms with Crippen LogP contribution in [0.2, 0.25) is 0 Å². The zero-order valence-corrected chi connectivity index (χ0v) is 13.1. The Morgan fingerprint density at radius 1 is 1.10 bits per heavy atom. The molecule has 0 aromatic heterocycles. The van der Waals surface area contributed by atoms with Gasteiger partial charge in [0, 0.05) is 17.5 Å². The SMILES string of the molecule is CNCCCNC(=O)c1ccc(OC)c2ccccc12.Cl. The van der Waals surface area contributed by atoms with Crippen molar-refractivity contribution in [1.29, 1.82) is 0 Å². The maximum atomic E-state index is 12.2. The summed E-state index contributed by atoms with van der Waals surface area (Å²) in [5.74, 6) is 0.743. The van der Waals surface area contributed by atoms with Gasteiger partial charge in [-0.15, -0.1) is 12.4 Å². The number of nitrogens with one attached hydrogen (secondary N) is 2. The monoisotopic (exact) mass is 308 g/mol. The minimum absolute atomic E-state index is 0. The lowest BCUT2D eigenvalue weighted by Gasteiger charge is -2.10. The molecule has 0 atom stereocenters. The first kappa shape index (κ1) is 17.3. The standard InChI is InChI=1S/C16H20N2O2.ClH/c1-17-10-5-11-18-16(19)14-8-9-15(20-2)13-7-4-3-6-12(13)14;/h3-4,6-9,17H,5,10-11H2,1-2H3,(H,18,19);1H. The average molecular weight is 309 g/mol. The van der Waals surface area contributed by atoms with Gasteiger partial charge in [0.05, 0.1) is 7.11 Å². The van der Waals surface area contributed by atoms with Crippen LogP contribution in [0.3, 0.4) is 0 Å². The van der Waals surface area contributed by atoms with Crippen molar-refractivity contribution in [3.05, 3.63) is 42.0 Å². The Morgan fingerprint density at radius 2 is 1.81 bits per heavy atom. The van der Waals surface area contributed by atoms with E-state index in [0.29, 0.717) is 12.1 Å². The Balaban J connectivity index is 0.00000220. The summed E-state index contributed by atoms with van der Waals surface area (Å²) in [6.07, 6.45) is 0.913. The summed E-state index contributed by atoms with van der Waals surface area (Å²) < 4.78 is 5.34. The lowest BCUT2D eigenvalue weighted by atomic mass is 10.0. The number of halogens is 1. The van der Waals surface area contributed by atoms with Gasteiger partial charge >= 0.3 is 0 Å². The quantitative estimate of drug-likeness (QED) is 0.807. The number of amides is 1. The topological polar surface area (TPSA) is 50.4 Å². The number of carbonyl (C=O) groups is 1. The van der Waals surface area contributed by atoms with Crippen molar-refractivity contribution >= 4 is 29.1 Å². The van der Waals surface area contributed by atoms with E-state index in [4.69, 9.17) is 4.74 Å². The highest BCUT2D eigenvalue weighted by atomic mass is 35.5. The fourth-order valence-corrected chi connectivity index (χ4v) is 2.21. The first-order valence-electron chi connectivity index (χ1n) is 6.76. The zero-order chi connectivity index (χ0) is 14.4. The summed E-state index contributed by atoms with van der Waals surface area (Å²) in [5, 5.41) is 7.87. The van der Waals surface area contributed by atoms with E-state index in [9.17, 15) is 4.79 Å². The van der Waals surface area contributed by atoms with Crippen molar-refractivity contribution in [2.75, 3.05) is 27.2 Å². The van der Waals surface area contributed by atoms with Gasteiger partial charge in [-0.1, -0.05) is 24.3 Å². The minimum atomic E-state index is -0.0417. The summed E-state index contributed by atoms with van der Waals surface area (Å²) in [6.45, 7) is 1.56. The van der Waals surface area contributed by atoms with Crippen molar-refractivity contribution in [3.8, 4) is 5.75 Å². The predicted molar refractivity (Wildman–Crippen MR) is 88.6 cm³/mol. The molecule has 4 nitrogen and oxygen atoms in total. The molecule has 0 aliphatic carbocycles. The molecular formula is C16H21ClN2O2. The number of ether oxygens (including phenoxy) is 1. The summed E-state index contributed by atoms with van der Waals surface area (Å²) in [4.78, 5) is 12.2. The predicted octanol–water partition coefficient (Wildman–Crippen LogP) is 2.61. The highest BCUT2D eigenvalue weighted by molar-refractivity contribution is 6.08. The molecule has 114 valence electrons. The van der Waals surface area contributed by atoms with E-state index in [-0.39, 0.29) is 18.3 Å². The molecule has 0 spiro atoms. The van der Waals surface area contributed by atoms with Crippen LogP contribution in [0.5, 0.6) is 5.75 Å². The van der Waals surface area contributed by atoms with Crippen molar-refractivity contribution in [1.82, 2.24) is 10.6 Å². The number of hydrogen-bond donors (Lipinski definition) is 2. The second-order valence-electron chi connectivity index (χ2n) is 4.57. The Hall–Kier alpha value is -1.78. The normalized spacial score (nSPS) is 10.0. The van der Waals surface area contributed by atoms with Crippen molar-refractivity contribution in [2.24, 2.45) is 0 Å². The third-order valence-electron chi connectivity index (χ3n) is 3.24. The second-order valence-corrected chi connectivity index (χ2v) is 4.57. The van der Waals surface area contributed by atoms with Gasteiger partial charge < -0.3 is 15.4 Å². The van der Waals surface area contributed by atoms with E-state index in [1.54, 1.807) is 7.11 Å². The molecular weight excluding hydrogens is 288 g/mol. The number of fused-ring (bicyclic) bond motifs is 1. The summed E-state index contributed by atoms with van der Waals surface area (Å²) in [5.41, 5.74) is 0.686. The maximum absolute atomic E-state index is 12.2. The zero-order valence-electron chi connectivity index (χ0n) is 12.3. The van der Waals surface area contributed by atoms with E-state index in [2.05, 4.69) is 10.6 Å². The van der Waals surface area contributed by atoms with Crippen LogP contribution >= 0.6 is 12.4 Å². The molecule has 0 heterocycles. The summed E-state index contributed by atoms with van der Waals surface area (Å²) in [6, 6.07) is 11.4. The minimum Gasteiger partial charge on any atom is -0.496 e. The van der Waals surface area contributed by atoms with Crippen LogP contribution in [0.4, 0.5) is 0 Å². The molecule has 2 aromatic rings. The second kappa shape index (κ2) is 8.49. The molecule has 0 saturated carbocycles. The van der Waals surface area contributed by atoms with Gasteiger partial charge in [-0.05, 0) is 37.5 Å². The molecule has 1 amide bonds. The van der Waals surface area contributed by atoms with Crippen LogP contribution in [0.25, 0.3) is 10.8 Å². The Bertz CT molecular complexity index is 602. The van der Waals surface area contributed by atoms with E-state index < -0.39 is 0 Å². The molecule has 0 saturated heterocycles. The van der Waals surface area contributed by atoms with E-state index in [1.807, 2.05) is 43.4 Å². The van der Waals surface area contributed by atoms with Crippen LogP contribution < -0.4 is 15.4 Å². The molecule has 0 aliphatic rings. The van der Waals surface area contributed by atoms with Gasteiger partial charge in [0.15, 0.2) is 0 Å². The molecule has 2 rings (SSSR count). The molecule has 0 radical (unpaired) electrons. The molecule has 21 heavy (non-hydrogen) atoms. The Morgan fingerprint density at radius 3 is 2.48 bits per heavy atom. The number of hydrogen-bond acceptors (Lipinski definition) is 3. The lowest BCUT2D eigenvalue weighted by Crippen LogP contribution is -2.26. The molecule has 0 unspecified atom stereocenters. The van der Waals surface area contributed by atoms with Crippen LogP contribution in [-0.4, -0.2) is 33.2 Å². The van der Waals surface area contributed by atoms with Gasteiger partial charge in [0.25, 0.3) is 5.91 Å². The van der Waals surface area contributed by atoms with Gasteiger partial charge in [-0.2, -0.15) is 0 Å². The van der Waals surface area contributed by atoms with Crippen molar-refractivity contribution < 1.29 is 9.53 Å². The number of carbonyl (C=O) groups excluding carboxylic acids is 1. The van der Waals surface area contributed by atoms with Gasteiger partial charge in [0.2, 0.25) is 0 Å². The van der Waals surface area contributed by atoms with Gasteiger partial charge in [0.1, 0.15) is 5.75 Å². The fourth-order valence-electron chi connectivity index (χ4n) is 2.21. The first-order chi connectivity index (χ1) is 9.77. The number of rotatable bonds is 6. The van der Waals surface area contributed by atoms with E-state index >= 15 is 0 Å². The lowest BCUT2D eigenvalue weighted by molar-refractivity contribution is 0.0955. The van der Waals surface area contributed by atoms with E-state index in [0.717, 1.165) is 29.5 Å². The molecule has 2 aromatic carbocycles. The van der Waals surface area contributed by atoms with Crippen LogP contribution in [0, 0.1) is 0 Å². The Labute approximate surface area is 131 Å². The van der Waals surface area contributed by atoms with Crippen LogP contribution in [0.15, 0.2) is 36.4 Å². The van der Waals surface area contributed by atoms with Crippen LogP contribution in [0.1, 0.15) is 16.8 Å². The third kappa shape index (κ3) is 4.09.